The average Bonchev–Trinajstić information content (AvgIpc) is 3.10. The average molecular weight is 387 g/mol. The minimum absolute atomic E-state index is 0.128. The van der Waals surface area contributed by atoms with Crippen molar-refractivity contribution < 1.29 is 17.9 Å². The van der Waals surface area contributed by atoms with Crippen LogP contribution in [-0.4, -0.2) is 40.3 Å². The number of nitrogens with one attached hydrogen (secondary N) is 2. The van der Waals surface area contributed by atoms with E-state index in [1.165, 1.54) is 31.0 Å². The van der Waals surface area contributed by atoms with Crippen molar-refractivity contribution in [1.29, 1.82) is 0 Å². The first kappa shape index (κ1) is 18.8. The molecule has 2 aromatic rings. The highest BCUT2D eigenvalue weighted by Crippen LogP contribution is 2.22. The number of hydrogen-bond acceptors (Lipinski definition) is 6. The summed E-state index contributed by atoms with van der Waals surface area (Å²) in [5.74, 6) is 0.771. The minimum atomic E-state index is -3.59. The van der Waals surface area contributed by atoms with Gasteiger partial charge >= 0.3 is 0 Å². The molecule has 0 fully saturated rings. The number of carbonyl (C=O) groups excluding carboxylic acids is 1. The number of benzene rings is 1. The smallest absolute Gasteiger partial charge is 0.240 e. The van der Waals surface area contributed by atoms with E-state index in [1.54, 1.807) is 23.5 Å². The van der Waals surface area contributed by atoms with Crippen molar-refractivity contribution in [2.24, 2.45) is 0 Å². The Morgan fingerprint density at radius 3 is 2.58 bits per heavy atom. The lowest BCUT2D eigenvalue weighted by molar-refractivity contribution is -0.118. The lowest BCUT2D eigenvalue weighted by Gasteiger charge is -2.08. The van der Waals surface area contributed by atoms with E-state index in [-0.39, 0.29) is 23.9 Å². The molecule has 0 atom stereocenters. The number of sulfonamides is 1. The van der Waals surface area contributed by atoms with Crippen LogP contribution >= 0.6 is 23.1 Å². The molecule has 0 radical (unpaired) electrons. The quantitative estimate of drug-likeness (QED) is 0.508. The molecule has 0 saturated heterocycles. The summed E-state index contributed by atoms with van der Waals surface area (Å²) in [6, 6.07) is 9.98. The largest absolute Gasteiger partial charge is 0.497 e. The molecular formula is C15H18N2O4S3. The van der Waals surface area contributed by atoms with E-state index in [2.05, 4.69) is 10.0 Å². The summed E-state index contributed by atoms with van der Waals surface area (Å²) in [6.07, 6.45) is 0. The van der Waals surface area contributed by atoms with Gasteiger partial charge in [0.25, 0.3) is 0 Å². The van der Waals surface area contributed by atoms with Gasteiger partial charge in [0.15, 0.2) is 0 Å². The molecule has 0 bridgehead atoms. The number of thiophene rings is 1. The summed E-state index contributed by atoms with van der Waals surface area (Å²) in [4.78, 5) is 11.8. The molecule has 1 amide bonds. The van der Waals surface area contributed by atoms with Gasteiger partial charge in [-0.2, -0.15) is 0 Å². The molecule has 0 aliphatic rings. The summed E-state index contributed by atoms with van der Waals surface area (Å²) in [5, 5.41) is 4.64. The van der Waals surface area contributed by atoms with Crippen molar-refractivity contribution >= 4 is 39.0 Å². The van der Waals surface area contributed by atoms with Gasteiger partial charge in [-0.05, 0) is 35.7 Å². The lowest BCUT2D eigenvalue weighted by Crippen LogP contribution is -2.35. The number of thioether (sulfide) groups is 1. The van der Waals surface area contributed by atoms with Crippen LogP contribution < -0.4 is 14.8 Å². The third kappa shape index (κ3) is 5.82. The molecule has 24 heavy (non-hydrogen) atoms. The molecule has 0 aliphatic heterocycles. The number of hydrogen-bond donors (Lipinski definition) is 2. The van der Waals surface area contributed by atoms with E-state index in [0.29, 0.717) is 11.5 Å². The third-order valence-corrected chi connectivity index (χ3v) is 6.56. The van der Waals surface area contributed by atoms with E-state index >= 15 is 0 Å². The Morgan fingerprint density at radius 2 is 1.96 bits per heavy atom. The zero-order chi connectivity index (χ0) is 17.4. The van der Waals surface area contributed by atoms with Crippen molar-refractivity contribution in [3.05, 3.63) is 41.8 Å². The highest BCUT2D eigenvalue weighted by Gasteiger charge is 2.13. The maximum Gasteiger partial charge on any atom is 0.240 e. The van der Waals surface area contributed by atoms with Crippen molar-refractivity contribution in [2.75, 3.05) is 26.0 Å². The summed E-state index contributed by atoms with van der Waals surface area (Å²) in [5.41, 5.74) is 0. The van der Waals surface area contributed by atoms with Crippen LogP contribution in [0.5, 0.6) is 5.75 Å². The summed E-state index contributed by atoms with van der Waals surface area (Å²) < 4.78 is 32.7. The SMILES string of the molecule is COc1ccc(S(=O)(=O)NCCNC(=O)CSc2cccs2)cc1. The highest BCUT2D eigenvalue weighted by atomic mass is 32.2. The number of amides is 1. The fraction of sp³-hybridized carbons (Fsp3) is 0.267. The molecule has 1 aromatic heterocycles. The molecular weight excluding hydrogens is 368 g/mol. The Labute approximate surface area is 149 Å². The van der Waals surface area contributed by atoms with Crippen LogP contribution in [0.1, 0.15) is 0 Å². The molecule has 1 aromatic carbocycles. The summed E-state index contributed by atoms with van der Waals surface area (Å²) in [6.45, 7) is 0.364. The first-order valence-electron chi connectivity index (χ1n) is 7.08. The molecule has 0 saturated carbocycles. The van der Waals surface area contributed by atoms with Gasteiger partial charge in [0.05, 0.1) is 22.0 Å². The third-order valence-electron chi connectivity index (χ3n) is 2.95. The fourth-order valence-electron chi connectivity index (χ4n) is 1.76. The molecule has 1 heterocycles. The van der Waals surface area contributed by atoms with Crippen molar-refractivity contribution in [2.45, 2.75) is 9.10 Å². The molecule has 6 nitrogen and oxygen atoms in total. The first-order chi connectivity index (χ1) is 11.5. The molecule has 2 rings (SSSR count). The Hall–Kier alpha value is -1.55. The van der Waals surface area contributed by atoms with Crippen molar-refractivity contribution in [3.63, 3.8) is 0 Å². The van der Waals surface area contributed by atoms with Crippen LogP contribution in [0.25, 0.3) is 0 Å². The zero-order valence-corrected chi connectivity index (χ0v) is 15.5. The predicted octanol–water partition coefficient (Wildman–Crippen LogP) is 1.94. The first-order valence-corrected chi connectivity index (χ1v) is 10.4. The molecule has 0 spiro atoms. The Bertz CT molecular complexity index is 744. The van der Waals surface area contributed by atoms with E-state index in [4.69, 9.17) is 4.74 Å². The van der Waals surface area contributed by atoms with Gasteiger partial charge in [-0.3, -0.25) is 4.79 Å². The van der Waals surface area contributed by atoms with Crippen LogP contribution in [-0.2, 0) is 14.8 Å². The van der Waals surface area contributed by atoms with Gasteiger partial charge in [0.2, 0.25) is 15.9 Å². The van der Waals surface area contributed by atoms with E-state index < -0.39 is 10.0 Å². The van der Waals surface area contributed by atoms with Crippen LogP contribution in [0, 0.1) is 0 Å². The Kier molecular flexibility index (Phi) is 7.10. The maximum absolute atomic E-state index is 12.1. The number of methoxy groups -OCH3 is 1. The van der Waals surface area contributed by atoms with Gasteiger partial charge in [-0.1, -0.05) is 6.07 Å². The fourth-order valence-corrected chi connectivity index (χ4v) is 4.40. The van der Waals surface area contributed by atoms with Gasteiger partial charge in [0.1, 0.15) is 5.75 Å². The van der Waals surface area contributed by atoms with Crippen LogP contribution in [0.3, 0.4) is 0 Å². The standard InChI is InChI=1S/C15H18N2O4S3/c1-21-12-4-6-13(7-5-12)24(19,20)17-9-8-16-14(18)11-23-15-3-2-10-22-15/h2-7,10,17H,8-9,11H2,1H3,(H,16,18). The molecule has 9 heteroatoms. The van der Waals surface area contributed by atoms with Crippen LogP contribution in [0.15, 0.2) is 50.9 Å². The van der Waals surface area contributed by atoms with Gasteiger partial charge in [-0.15, -0.1) is 23.1 Å². The monoisotopic (exact) mass is 386 g/mol. The van der Waals surface area contributed by atoms with Gasteiger partial charge in [-0.25, -0.2) is 13.1 Å². The van der Waals surface area contributed by atoms with Crippen molar-refractivity contribution in [3.8, 4) is 5.75 Å². The lowest BCUT2D eigenvalue weighted by atomic mass is 10.3. The summed E-state index contributed by atoms with van der Waals surface area (Å²) in [7, 11) is -2.08. The maximum atomic E-state index is 12.1. The van der Waals surface area contributed by atoms with Crippen LogP contribution in [0.4, 0.5) is 0 Å². The Balaban J connectivity index is 1.71. The molecule has 2 N–H and O–H groups in total. The number of carbonyl (C=O) groups is 1. The molecule has 0 unspecified atom stereocenters. The van der Waals surface area contributed by atoms with E-state index in [1.807, 2.05) is 17.5 Å². The molecule has 0 aliphatic carbocycles. The van der Waals surface area contributed by atoms with E-state index in [9.17, 15) is 13.2 Å². The second kappa shape index (κ2) is 9.07. The second-order valence-electron chi connectivity index (χ2n) is 4.64. The Morgan fingerprint density at radius 1 is 1.21 bits per heavy atom. The normalized spacial score (nSPS) is 11.2. The number of ether oxygens (including phenoxy) is 1. The van der Waals surface area contributed by atoms with Gasteiger partial charge < -0.3 is 10.1 Å². The van der Waals surface area contributed by atoms with Gasteiger partial charge in [0, 0.05) is 13.1 Å². The second-order valence-corrected chi connectivity index (χ2v) is 8.63. The topological polar surface area (TPSA) is 84.5 Å². The number of rotatable bonds is 9. The predicted molar refractivity (Wildman–Crippen MR) is 96.2 cm³/mol. The molecule has 130 valence electrons. The van der Waals surface area contributed by atoms with Crippen molar-refractivity contribution in [1.82, 2.24) is 10.0 Å². The zero-order valence-electron chi connectivity index (χ0n) is 13.0. The minimum Gasteiger partial charge on any atom is -0.497 e. The van der Waals surface area contributed by atoms with E-state index in [0.717, 1.165) is 4.21 Å². The summed E-state index contributed by atoms with van der Waals surface area (Å²) >= 11 is 3.03. The van der Waals surface area contributed by atoms with Crippen LogP contribution in [0.2, 0.25) is 0 Å². The highest BCUT2D eigenvalue weighted by molar-refractivity contribution is 8.01.